The number of aromatic nitrogens is 3. The molecule has 2 aromatic heterocycles. The molecule has 312 valence electrons. The van der Waals surface area contributed by atoms with E-state index in [0.29, 0.717) is 11.4 Å². The number of hydrogen-bond donors (Lipinski definition) is 1. The van der Waals surface area contributed by atoms with Crippen molar-refractivity contribution in [3.63, 3.8) is 0 Å². The van der Waals surface area contributed by atoms with Gasteiger partial charge >= 0.3 is 0 Å². The smallest absolute Gasteiger partial charge is 0.149 e. The molecular formula is C60H51N3O. The van der Waals surface area contributed by atoms with Crippen LogP contribution in [0.3, 0.4) is 0 Å². The second-order valence-electron chi connectivity index (χ2n) is 18.9. The van der Waals surface area contributed by atoms with E-state index in [0.717, 1.165) is 94.4 Å². The Morgan fingerprint density at radius 1 is 0.453 bits per heavy atom. The first kappa shape index (κ1) is 40.5. The van der Waals surface area contributed by atoms with Crippen LogP contribution in [0.5, 0.6) is 5.75 Å². The van der Waals surface area contributed by atoms with Gasteiger partial charge in [-0.15, -0.1) is 0 Å². The van der Waals surface area contributed by atoms with E-state index in [1.165, 1.54) is 0 Å². The molecule has 0 unspecified atom stereocenters. The Kier molecular flexibility index (Phi) is 10.1. The molecule has 0 aliphatic rings. The van der Waals surface area contributed by atoms with Crippen LogP contribution in [0.2, 0.25) is 0 Å². The molecule has 0 amide bonds. The number of hydrogen-bond acceptors (Lipinski definition) is 3. The zero-order chi connectivity index (χ0) is 44.2. The third-order valence-electron chi connectivity index (χ3n) is 12.4. The van der Waals surface area contributed by atoms with Crippen LogP contribution in [0.25, 0.3) is 94.6 Å². The fourth-order valence-electron chi connectivity index (χ4n) is 8.99. The quantitative estimate of drug-likeness (QED) is 0.174. The van der Waals surface area contributed by atoms with E-state index in [-0.39, 0.29) is 16.6 Å². The lowest BCUT2D eigenvalue weighted by atomic mass is 9.79. The van der Waals surface area contributed by atoms with Gasteiger partial charge in [0.25, 0.3) is 0 Å². The summed E-state index contributed by atoms with van der Waals surface area (Å²) in [6, 6.07) is 66.4. The molecule has 0 aliphatic carbocycles. The monoisotopic (exact) mass is 829 g/mol. The third kappa shape index (κ3) is 7.45. The molecule has 1 N–H and O–H groups in total. The fraction of sp³-hybridized carbons (Fsp3) is 0.133. The number of phenols is 1. The van der Waals surface area contributed by atoms with Crippen LogP contribution in [0.4, 0.5) is 0 Å². The van der Waals surface area contributed by atoms with Gasteiger partial charge < -0.3 is 5.11 Å². The van der Waals surface area contributed by atoms with Gasteiger partial charge in [0.1, 0.15) is 11.6 Å². The van der Waals surface area contributed by atoms with Gasteiger partial charge in [-0.3, -0.25) is 9.55 Å². The first-order chi connectivity index (χ1) is 30.9. The number of rotatable bonds is 7. The molecule has 0 saturated heterocycles. The molecule has 0 saturated carbocycles. The normalized spacial score (nSPS) is 12.0. The van der Waals surface area contributed by atoms with Crippen molar-refractivity contribution in [2.45, 2.75) is 52.4 Å². The lowest BCUT2D eigenvalue weighted by Gasteiger charge is -2.28. The minimum Gasteiger partial charge on any atom is -0.507 e. The highest BCUT2D eigenvalue weighted by molar-refractivity contribution is 6.03. The van der Waals surface area contributed by atoms with Crippen molar-refractivity contribution >= 4 is 21.8 Å². The molecule has 4 heteroatoms. The van der Waals surface area contributed by atoms with Crippen LogP contribution in [0.1, 0.15) is 52.7 Å². The second kappa shape index (κ2) is 16.0. The van der Waals surface area contributed by atoms with Crippen LogP contribution in [0.15, 0.2) is 194 Å². The van der Waals surface area contributed by atoms with Crippen LogP contribution in [-0.2, 0) is 10.8 Å². The zero-order valence-electron chi connectivity index (χ0n) is 37.3. The number of benzene rings is 8. The second-order valence-corrected chi connectivity index (χ2v) is 18.9. The Balaban J connectivity index is 1.29. The minimum atomic E-state index is -0.335. The zero-order valence-corrected chi connectivity index (χ0v) is 37.3. The molecule has 0 atom stereocenters. The highest BCUT2D eigenvalue weighted by Gasteiger charge is 2.30. The van der Waals surface area contributed by atoms with Crippen LogP contribution >= 0.6 is 0 Å². The summed E-state index contributed by atoms with van der Waals surface area (Å²) in [4.78, 5) is 10.8. The fourth-order valence-corrected chi connectivity index (χ4v) is 8.99. The van der Waals surface area contributed by atoms with Gasteiger partial charge in [-0.05, 0) is 86.0 Å². The molecule has 2 heterocycles. The Hall–Kier alpha value is -7.56. The van der Waals surface area contributed by atoms with Crippen molar-refractivity contribution in [3.05, 3.63) is 205 Å². The molecule has 64 heavy (non-hydrogen) atoms. The summed E-state index contributed by atoms with van der Waals surface area (Å²) in [5.41, 5.74) is 15.5. The van der Waals surface area contributed by atoms with Crippen molar-refractivity contribution < 1.29 is 5.11 Å². The number of aromatic hydroxyl groups is 1. The van der Waals surface area contributed by atoms with Crippen LogP contribution in [-0.4, -0.2) is 19.6 Å². The largest absolute Gasteiger partial charge is 0.507 e. The Morgan fingerprint density at radius 2 is 1.08 bits per heavy atom. The standard InChI is InChI=1S/C60H51N3O/c1-59(2,3)47-36-51(57(64)52(37-47)60(4,5)6)58-62-55-48(27-18-28-54(55)63(58)56-49-26-17-16-25-42(49)29-31-50(56)41-23-14-9-15-24-41)45-33-44(40-21-12-8-13-22-40)34-46(35-45)53-32-30-43(38-61-53)39-19-10-7-11-20-39/h7-38,64H,1-6H3. The first-order valence-electron chi connectivity index (χ1n) is 22.1. The lowest BCUT2D eigenvalue weighted by Crippen LogP contribution is -2.17. The van der Waals surface area contributed by atoms with Gasteiger partial charge in [-0.25, -0.2) is 4.98 Å². The highest BCUT2D eigenvalue weighted by Crippen LogP contribution is 2.47. The predicted octanol–water partition coefficient (Wildman–Crippen LogP) is 15.9. The summed E-state index contributed by atoms with van der Waals surface area (Å²) in [5, 5.41) is 14.8. The molecule has 0 bridgehead atoms. The van der Waals surface area contributed by atoms with E-state index < -0.39 is 0 Å². The van der Waals surface area contributed by atoms with Gasteiger partial charge in [0.15, 0.2) is 0 Å². The first-order valence-corrected chi connectivity index (χ1v) is 22.1. The SMILES string of the molecule is CC(C)(C)c1cc(-c2nc3c(-c4cc(-c5ccccc5)cc(-c5ccc(-c6ccccc6)cn5)c4)cccc3n2-c2c(-c3ccccc3)ccc3ccccc23)c(O)c(C(C)(C)C)c1. The van der Waals surface area contributed by atoms with Gasteiger partial charge in [0.05, 0.1) is 28.0 Å². The van der Waals surface area contributed by atoms with Gasteiger partial charge in [-0.2, -0.15) is 0 Å². The molecule has 8 aromatic carbocycles. The van der Waals surface area contributed by atoms with Crippen molar-refractivity contribution in [2.75, 3.05) is 0 Å². The number of phenolic OH excluding ortho intramolecular Hbond substituents is 1. The molecular weight excluding hydrogens is 779 g/mol. The molecule has 0 aliphatic heterocycles. The average molecular weight is 830 g/mol. The average Bonchev–Trinajstić information content (AvgIpc) is 3.70. The van der Waals surface area contributed by atoms with E-state index in [1.807, 2.05) is 12.3 Å². The lowest BCUT2D eigenvalue weighted by molar-refractivity contribution is 0.446. The van der Waals surface area contributed by atoms with E-state index in [1.54, 1.807) is 0 Å². The maximum atomic E-state index is 12.6. The molecule has 10 aromatic rings. The predicted molar refractivity (Wildman–Crippen MR) is 268 cm³/mol. The van der Waals surface area contributed by atoms with Crippen molar-refractivity contribution in [1.82, 2.24) is 14.5 Å². The highest BCUT2D eigenvalue weighted by atomic mass is 16.3. The summed E-state index contributed by atoms with van der Waals surface area (Å²) in [7, 11) is 0. The van der Waals surface area contributed by atoms with Crippen LogP contribution in [0, 0.1) is 0 Å². The maximum Gasteiger partial charge on any atom is 0.149 e. The number of fused-ring (bicyclic) bond motifs is 2. The summed E-state index contributed by atoms with van der Waals surface area (Å²) >= 11 is 0. The van der Waals surface area contributed by atoms with Crippen molar-refractivity contribution in [1.29, 1.82) is 0 Å². The topological polar surface area (TPSA) is 50.9 Å². The van der Waals surface area contributed by atoms with E-state index in [4.69, 9.17) is 9.97 Å². The minimum absolute atomic E-state index is 0.194. The Morgan fingerprint density at radius 3 is 1.73 bits per heavy atom. The number of nitrogens with zero attached hydrogens (tertiary/aromatic N) is 3. The molecule has 4 nitrogen and oxygen atoms in total. The van der Waals surface area contributed by atoms with Crippen LogP contribution < -0.4 is 0 Å². The third-order valence-corrected chi connectivity index (χ3v) is 12.4. The molecule has 10 rings (SSSR count). The van der Waals surface area contributed by atoms with Gasteiger partial charge in [0, 0.05) is 39.4 Å². The van der Waals surface area contributed by atoms with E-state index in [2.05, 4.69) is 228 Å². The molecule has 0 radical (unpaired) electrons. The summed E-state index contributed by atoms with van der Waals surface area (Å²) < 4.78 is 2.31. The molecule has 0 spiro atoms. The summed E-state index contributed by atoms with van der Waals surface area (Å²) in [5.74, 6) is 0.932. The van der Waals surface area contributed by atoms with E-state index in [9.17, 15) is 5.11 Å². The maximum absolute atomic E-state index is 12.6. The van der Waals surface area contributed by atoms with Crippen molar-refractivity contribution in [3.8, 4) is 78.6 Å². The number of pyridine rings is 1. The number of imidazole rings is 1. The molecule has 0 fully saturated rings. The Labute approximate surface area is 376 Å². The van der Waals surface area contributed by atoms with E-state index >= 15 is 0 Å². The Bertz CT molecular complexity index is 3320. The summed E-state index contributed by atoms with van der Waals surface area (Å²) in [6.45, 7) is 13.2. The summed E-state index contributed by atoms with van der Waals surface area (Å²) in [6.07, 6.45) is 1.97. The van der Waals surface area contributed by atoms with Crippen molar-refractivity contribution in [2.24, 2.45) is 0 Å². The van der Waals surface area contributed by atoms with Gasteiger partial charge in [-0.1, -0.05) is 193 Å². The van der Waals surface area contributed by atoms with Gasteiger partial charge in [0.2, 0.25) is 0 Å². The number of para-hydroxylation sites is 1.